The van der Waals surface area contributed by atoms with Gasteiger partial charge in [-0.1, -0.05) is 61.5 Å². The molecule has 0 spiro atoms. The van der Waals surface area contributed by atoms with Crippen LogP contribution in [0.2, 0.25) is 0 Å². The van der Waals surface area contributed by atoms with Crippen LogP contribution in [0.1, 0.15) is 23.6 Å². The maximum atomic E-state index is 2.52. The van der Waals surface area contributed by atoms with Crippen LogP contribution in [0.5, 0.6) is 0 Å². The molecular formula is C20H28N2. The quantitative estimate of drug-likeness (QED) is 0.731. The number of rotatable bonds is 8. The second-order valence-electron chi connectivity index (χ2n) is 6.17. The third-order valence-electron chi connectivity index (χ3n) is 3.95. The average Bonchev–Trinajstić information content (AvgIpc) is 2.54. The van der Waals surface area contributed by atoms with E-state index in [4.69, 9.17) is 0 Å². The van der Waals surface area contributed by atoms with Gasteiger partial charge in [0.1, 0.15) is 0 Å². The minimum Gasteiger partial charge on any atom is -0.308 e. The van der Waals surface area contributed by atoms with Crippen molar-refractivity contribution < 1.29 is 0 Å². The molecule has 0 saturated heterocycles. The fourth-order valence-electron chi connectivity index (χ4n) is 2.54. The van der Waals surface area contributed by atoms with Crippen molar-refractivity contribution in [3.8, 4) is 0 Å². The molecule has 2 nitrogen and oxygen atoms in total. The van der Waals surface area contributed by atoms with Gasteiger partial charge in [-0.15, -0.1) is 0 Å². The van der Waals surface area contributed by atoms with Crippen LogP contribution in [-0.2, 0) is 19.5 Å². The highest BCUT2D eigenvalue weighted by molar-refractivity contribution is 5.22. The minimum atomic E-state index is 1.00. The van der Waals surface area contributed by atoms with Crippen LogP contribution >= 0.6 is 0 Å². The van der Waals surface area contributed by atoms with Gasteiger partial charge in [-0.2, -0.15) is 0 Å². The monoisotopic (exact) mass is 296 g/mol. The van der Waals surface area contributed by atoms with Crippen LogP contribution in [0.15, 0.2) is 54.6 Å². The Hall–Kier alpha value is -1.64. The number of aryl methyl sites for hydroxylation is 1. The van der Waals surface area contributed by atoms with Gasteiger partial charge in [0.05, 0.1) is 0 Å². The summed E-state index contributed by atoms with van der Waals surface area (Å²) in [6.07, 6.45) is 1.11. The molecule has 0 N–H and O–H groups in total. The van der Waals surface area contributed by atoms with E-state index in [1.54, 1.807) is 0 Å². The molecule has 0 bridgehead atoms. The Labute approximate surface area is 135 Å². The smallest absolute Gasteiger partial charge is 0.0237 e. The van der Waals surface area contributed by atoms with E-state index in [0.29, 0.717) is 0 Å². The molecular weight excluding hydrogens is 268 g/mol. The molecule has 0 radical (unpaired) electrons. The lowest BCUT2D eigenvalue weighted by molar-refractivity contribution is 0.226. The van der Waals surface area contributed by atoms with E-state index in [1.807, 2.05) is 0 Å². The summed E-state index contributed by atoms with van der Waals surface area (Å²) in [4.78, 5) is 4.77. The van der Waals surface area contributed by atoms with Gasteiger partial charge in [-0.05, 0) is 37.2 Å². The highest BCUT2D eigenvalue weighted by Gasteiger charge is 2.08. The van der Waals surface area contributed by atoms with Crippen molar-refractivity contribution in [3.05, 3.63) is 71.3 Å². The van der Waals surface area contributed by atoms with Crippen LogP contribution < -0.4 is 0 Å². The highest BCUT2D eigenvalue weighted by Crippen LogP contribution is 2.11. The first-order valence-corrected chi connectivity index (χ1v) is 8.16. The van der Waals surface area contributed by atoms with Gasteiger partial charge in [-0.25, -0.2) is 0 Å². The molecule has 22 heavy (non-hydrogen) atoms. The molecule has 2 aromatic rings. The summed E-state index contributed by atoms with van der Waals surface area (Å²) in [5.41, 5.74) is 4.19. The maximum Gasteiger partial charge on any atom is 0.0237 e. The SMILES string of the molecule is CCc1ccc(CN(CCN(C)C)Cc2ccccc2)cc1. The summed E-state index contributed by atoms with van der Waals surface area (Å²) in [5.74, 6) is 0. The second-order valence-corrected chi connectivity index (χ2v) is 6.17. The van der Waals surface area contributed by atoms with Crippen molar-refractivity contribution in [1.82, 2.24) is 9.80 Å². The lowest BCUT2D eigenvalue weighted by atomic mass is 10.1. The van der Waals surface area contributed by atoms with Crippen molar-refractivity contribution in [2.75, 3.05) is 27.2 Å². The van der Waals surface area contributed by atoms with E-state index < -0.39 is 0 Å². The van der Waals surface area contributed by atoms with Gasteiger partial charge < -0.3 is 4.90 Å². The van der Waals surface area contributed by atoms with Crippen LogP contribution in [0, 0.1) is 0 Å². The van der Waals surface area contributed by atoms with E-state index in [-0.39, 0.29) is 0 Å². The summed E-state index contributed by atoms with van der Waals surface area (Å²) in [6, 6.07) is 19.8. The average molecular weight is 296 g/mol. The molecule has 0 saturated carbocycles. The molecule has 0 unspecified atom stereocenters. The number of hydrogen-bond donors (Lipinski definition) is 0. The van der Waals surface area contributed by atoms with E-state index in [9.17, 15) is 0 Å². The normalized spacial score (nSPS) is 11.3. The van der Waals surface area contributed by atoms with Crippen LogP contribution in [0.25, 0.3) is 0 Å². The van der Waals surface area contributed by atoms with Gasteiger partial charge in [0, 0.05) is 26.2 Å². The zero-order valence-electron chi connectivity index (χ0n) is 14.1. The minimum absolute atomic E-state index is 1.00. The Morgan fingerprint density at radius 2 is 1.23 bits per heavy atom. The Morgan fingerprint density at radius 3 is 1.77 bits per heavy atom. The van der Waals surface area contributed by atoms with Crippen molar-refractivity contribution in [3.63, 3.8) is 0 Å². The number of nitrogens with zero attached hydrogens (tertiary/aromatic N) is 2. The number of benzene rings is 2. The summed E-state index contributed by atoms with van der Waals surface area (Å²) >= 11 is 0. The van der Waals surface area contributed by atoms with Gasteiger partial charge in [0.25, 0.3) is 0 Å². The first-order chi connectivity index (χ1) is 10.7. The Balaban J connectivity index is 2.02. The largest absolute Gasteiger partial charge is 0.308 e. The first kappa shape index (κ1) is 16.7. The summed E-state index contributed by atoms with van der Waals surface area (Å²) in [5, 5.41) is 0. The molecule has 2 rings (SSSR count). The van der Waals surface area contributed by atoms with Crippen molar-refractivity contribution in [2.24, 2.45) is 0 Å². The zero-order valence-corrected chi connectivity index (χ0v) is 14.1. The van der Waals surface area contributed by atoms with Crippen LogP contribution in [0.3, 0.4) is 0 Å². The van der Waals surface area contributed by atoms with E-state index >= 15 is 0 Å². The molecule has 2 heteroatoms. The first-order valence-electron chi connectivity index (χ1n) is 8.16. The number of likely N-dealkylation sites (N-methyl/N-ethyl adjacent to an activating group) is 1. The Kier molecular flexibility index (Phi) is 6.63. The third-order valence-corrected chi connectivity index (χ3v) is 3.95. The van der Waals surface area contributed by atoms with E-state index in [2.05, 4.69) is 85.4 Å². The predicted octanol–water partition coefficient (Wildman–Crippen LogP) is 3.81. The second kappa shape index (κ2) is 8.72. The van der Waals surface area contributed by atoms with Gasteiger partial charge >= 0.3 is 0 Å². The molecule has 0 aliphatic carbocycles. The third kappa shape index (κ3) is 5.63. The molecule has 118 valence electrons. The number of hydrogen-bond acceptors (Lipinski definition) is 2. The standard InChI is InChI=1S/C20H28N2/c1-4-18-10-12-20(13-11-18)17-22(15-14-21(2)3)16-19-8-6-5-7-9-19/h5-13H,4,14-17H2,1-3H3. The molecule has 0 fully saturated rings. The molecule has 2 aromatic carbocycles. The molecule has 0 heterocycles. The highest BCUT2D eigenvalue weighted by atomic mass is 15.2. The Morgan fingerprint density at radius 1 is 0.682 bits per heavy atom. The van der Waals surface area contributed by atoms with E-state index in [0.717, 1.165) is 32.6 Å². The molecule has 0 aromatic heterocycles. The fraction of sp³-hybridized carbons (Fsp3) is 0.400. The lowest BCUT2D eigenvalue weighted by Crippen LogP contribution is -2.31. The fourth-order valence-corrected chi connectivity index (χ4v) is 2.54. The summed E-state index contributed by atoms with van der Waals surface area (Å²) < 4.78 is 0. The van der Waals surface area contributed by atoms with Crippen molar-refractivity contribution in [1.29, 1.82) is 0 Å². The predicted molar refractivity (Wildman–Crippen MR) is 94.9 cm³/mol. The van der Waals surface area contributed by atoms with Gasteiger partial charge in [0.2, 0.25) is 0 Å². The van der Waals surface area contributed by atoms with Gasteiger partial charge in [-0.3, -0.25) is 4.90 Å². The maximum absolute atomic E-state index is 2.52. The molecule has 0 aliphatic heterocycles. The molecule has 0 aliphatic rings. The topological polar surface area (TPSA) is 6.48 Å². The summed E-state index contributed by atoms with van der Waals surface area (Å²) in [6.45, 7) is 6.38. The molecule has 0 atom stereocenters. The van der Waals surface area contributed by atoms with Crippen LogP contribution in [0.4, 0.5) is 0 Å². The molecule has 0 amide bonds. The lowest BCUT2D eigenvalue weighted by Gasteiger charge is -2.24. The van der Waals surface area contributed by atoms with Crippen molar-refractivity contribution in [2.45, 2.75) is 26.4 Å². The Bertz CT molecular complexity index is 531. The van der Waals surface area contributed by atoms with E-state index in [1.165, 1.54) is 16.7 Å². The summed E-state index contributed by atoms with van der Waals surface area (Å²) in [7, 11) is 4.27. The van der Waals surface area contributed by atoms with Gasteiger partial charge in [0.15, 0.2) is 0 Å². The van der Waals surface area contributed by atoms with Crippen LogP contribution in [-0.4, -0.2) is 37.0 Å². The van der Waals surface area contributed by atoms with Crippen molar-refractivity contribution >= 4 is 0 Å². The zero-order chi connectivity index (χ0) is 15.8.